The number of hydrogen-bond donors (Lipinski definition) is 2. The van der Waals surface area contributed by atoms with Crippen molar-refractivity contribution in [3.63, 3.8) is 0 Å². The van der Waals surface area contributed by atoms with E-state index >= 15 is 0 Å². The summed E-state index contributed by atoms with van der Waals surface area (Å²) in [6.45, 7) is 3.96. The first-order valence-electron chi connectivity index (χ1n) is 13.2. The van der Waals surface area contributed by atoms with E-state index in [9.17, 15) is 24.6 Å². The van der Waals surface area contributed by atoms with E-state index in [1.54, 1.807) is 6.08 Å². The van der Waals surface area contributed by atoms with E-state index in [0.29, 0.717) is 45.1 Å². The molecular weight excluding hydrogens is 579 g/mol. The fourth-order valence-corrected chi connectivity index (χ4v) is 9.27. The van der Waals surface area contributed by atoms with Crippen LogP contribution < -0.4 is 0 Å². The van der Waals surface area contributed by atoms with Gasteiger partial charge < -0.3 is 24.4 Å². The lowest BCUT2D eigenvalue weighted by Crippen LogP contribution is -2.69. The van der Waals surface area contributed by atoms with Crippen molar-refractivity contribution in [1.82, 2.24) is 0 Å². The molecule has 0 aromatic heterocycles. The highest BCUT2D eigenvalue weighted by Crippen LogP contribution is 2.70. The van der Waals surface area contributed by atoms with Crippen molar-refractivity contribution >= 4 is 40.5 Å². The largest absolute Gasteiger partial charge is 0.464 e. The normalized spacial score (nSPS) is 45.6. The number of carbonyl (C=O) groups excluding carboxylic acids is 3. The number of carbonyl (C=O) groups is 3. The summed E-state index contributed by atoms with van der Waals surface area (Å²) in [6, 6.07) is 0. The van der Waals surface area contributed by atoms with Crippen LogP contribution in [0.25, 0.3) is 0 Å². The summed E-state index contributed by atoms with van der Waals surface area (Å²) in [4.78, 5) is 35.7. The minimum Gasteiger partial charge on any atom is -0.464 e. The molecule has 5 aliphatic rings. The molecule has 0 aromatic carbocycles. The summed E-state index contributed by atoms with van der Waals surface area (Å²) in [5.41, 5.74) is -2.19. The van der Waals surface area contributed by atoms with Gasteiger partial charge in [-0.2, -0.15) is 0 Å². The molecule has 4 fully saturated rings. The zero-order chi connectivity index (χ0) is 25.9. The molecule has 4 aliphatic carbocycles. The van der Waals surface area contributed by atoms with Crippen LogP contribution in [0.2, 0.25) is 0 Å². The molecule has 8 nitrogen and oxygen atoms in total. The number of alkyl halides is 1. The molecule has 8 atom stereocenters. The monoisotopic (exact) mass is 616 g/mol. The molecule has 8 unspecified atom stereocenters. The number of esters is 3. The first-order chi connectivity index (χ1) is 17.0. The van der Waals surface area contributed by atoms with Gasteiger partial charge >= 0.3 is 17.9 Å². The summed E-state index contributed by atoms with van der Waals surface area (Å²) >= 11 is 1.98. The van der Waals surface area contributed by atoms with Crippen LogP contribution in [0.4, 0.5) is 0 Å². The quantitative estimate of drug-likeness (QED) is 0.209. The molecule has 1 aliphatic heterocycles. The van der Waals surface area contributed by atoms with E-state index in [1.807, 2.05) is 22.6 Å². The zero-order valence-electron chi connectivity index (χ0n) is 21.1. The fraction of sp³-hybridized carbons (Fsp3) is 0.815. The summed E-state index contributed by atoms with van der Waals surface area (Å²) in [6.07, 6.45) is 6.83. The third kappa shape index (κ3) is 3.85. The highest BCUT2D eigenvalue weighted by Gasteiger charge is 2.71. The maximum Gasteiger partial charge on any atom is 0.331 e. The van der Waals surface area contributed by atoms with Crippen LogP contribution in [-0.4, -0.2) is 63.1 Å². The molecule has 0 bridgehead atoms. The maximum absolute atomic E-state index is 12.4. The first kappa shape index (κ1) is 26.4. The Morgan fingerprint density at radius 2 is 1.86 bits per heavy atom. The predicted octanol–water partition coefficient (Wildman–Crippen LogP) is 3.25. The van der Waals surface area contributed by atoms with Crippen molar-refractivity contribution in [2.75, 3.05) is 17.6 Å². The van der Waals surface area contributed by atoms with Crippen molar-refractivity contribution in [2.24, 2.45) is 28.6 Å². The summed E-state index contributed by atoms with van der Waals surface area (Å²) in [5.74, 6) is -0.962. The van der Waals surface area contributed by atoms with Gasteiger partial charge in [-0.25, -0.2) is 4.79 Å². The van der Waals surface area contributed by atoms with Crippen LogP contribution in [-0.2, 0) is 28.6 Å². The first-order valence-corrected chi connectivity index (χ1v) is 14.7. The van der Waals surface area contributed by atoms with Crippen LogP contribution in [0.1, 0.15) is 71.6 Å². The maximum atomic E-state index is 12.4. The molecule has 0 aromatic rings. The lowest BCUT2D eigenvalue weighted by atomic mass is 9.41. The Hall–Kier alpha value is -1.20. The molecule has 36 heavy (non-hydrogen) atoms. The van der Waals surface area contributed by atoms with Crippen molar-refractivity contribution in [3.05, 3.63) is 11.6 Å². The highest BCUT2D eigenvalue weighted by molar-refractivity contribution is 14.1. The summed E-state index contributed by atoms with van der Waals surface area (Å²) < 4.78 is 16.7. The van der Waals surface area contributed by atoms with Gasteiger partial charge in [0.15, 0.2) is 0 Å². The molecule has 5 rings (SSSR count). The Morgan fingerprint density at radius 1 is 1.11 bits per heavy atom. The topological polar surface area (TPSA) is 119 Å². The van der Waals surface area contributed by atoms with E-state index in [-0.39, 0.29) is 52.8 Å². The van der Waals surface area contributed by atoms with Crippen LogP contribution in [0.5, 0.6) is 0 Å². The lowest BCUT2D eigenvalue weighted by molar-refractivity contribution is -0.271. The Kier molecular flexibility index (Phi) is 6.76. The number of aliphatic hydroxyl groups is 2. The molecular formula is C27H37IO8. The number of hydrogen-bond acceptors (Lipinski definition) is 8. The Labute approximate surface area is 225 Å². The molecule has 0 radical (unpaired) electrons. The molecule has 1 heterocycles. The van der Waals surface area contributed by atoms with Gasteiger partial charge in [0, 0.05) is 30.3 Å². The summed E-state index contributed by atoms with van der Waals surface area (Å²) in [5, 5.41) is 24.6. The molecule has 2 N–H and O–H groups in total. The minimum atomic E-state index is -1.14. The van der Waals surface area contributed by atoms with Gasteiger partial charge in [0.2, 0.25) is 0 Å². The SMILES string of the molecule is CC(=O)OC1CCC2(COC(=O)CI)C3CCC4(C)C(C5=CC(=O)OC5)CCC4(O)C3CCC2(O)C1. The van der Waals surface area contributed by atoms with Crippen molar-refractivity contribution in [1.29, 1.82) is 0 Å². The average molecular weight is 616 g/mol. The van der Waals surface area contributed by atoms with Crippen molar-refractivity contribution in [2.45, 2.75) is 88.9 Å². The second kappa shape index (κ2) is 9.22. The second-order valence-corrected chi connectivity index (χ2v) is 12.8. The van der Waals surface area contributed by atoms with E-state index in [4.69, 9.17) is 14.2 Å². The number of rotatable bonds is 5. The van der Waals surface area contributed by atoms with Crippen LogP contribution in [0.15, 0.2) is 11.6 Å². The van der Waals surface area contributed by atoms with Gasteiger partial charge in [0.25, 0.3) is 0 Å². The van der Waals surface area contributed by atoms with E-state index < -0.39 is 22.0 Å². The zero-order valence-corrected chi connectivity index (χ0v) is 23.3. The number of ether oxygens (including phenoxy) is 3. The molecule has 9 heteroatoms. The number of fused-ring (bicyclic) bond motifs is 5. The second-order valence-electron chi connectivity index (χ2n) is 12.0. The van der Waals surface area contributed by atoms with Crippen LogP contribution in [0.3, 0.4) is 0 Å². The summed E-state index contributed by atoms with van der Waals surface area (Å²) in [7, 11) is 0. The van der Waals surface area contributed by atoms with E-state index in [2.05, 4.69) is 6.92 Å². The van der Waals surface area contributed by atoms with Gasteiger partial charge in [-0.1, -0.05) is 29.5 Å². The number of halogens is 1. The van der Waals surface area contributed by atoms with Crippen LogP contribution in [0, 0.1) is 28.6 Å². The number of cyclic esters (lactones) is 1. The molecule has 4 saturated carbocycles. The average Bonchev–Trinajstić information content (AvgIpc) is 3.36. The van der Waals surface area contributed by atoms with Crippen molar-refractivity contribution < 1.29 is 38.8 Å². The van der Waals surface area contributed by atoms with Gasteiger partial charge in [-0.15, -0.1) is 0 Å². The van der Waals surface area contributed by atoms with E-state index in [1.165, 1.54) is 6.92 Å². The Bertz CT molecular complexity index is 981. The standard InChI is InChI=1S/C27H37IO8/c1-16(29)36-18-3-8-25(15-35-23(31)13-28)20-4-7-24(2)19(17-11-22(30)34-14-17)6-10-27(24,33)21(20)5-9-26(25,32)12-18/h11,18-21,32-33H,3-10,12-15H2,1-2H3. The van der Waals surface area contributed by atoms with Gasteiger partial charge in [0.1, 0.15) is 12.7 Å². The van der Waals surface area contributed by atoms with Crippen molar-refractivity contribution in [3.8, 4) is 0 Å². The molecule has 0 amide bonds. The lowest BCUT2D eigenvalue weighted by Gasteiger charge is -2.66. The minimum absolute atomic E-state index is 0.0243. The molecule has 0 saturated heterocycles. The molecule has 200 valence electrons. The Morgan fingerprint density at radius 3 is 2.53 bits per heavy atom. The third-order valence-corrected chi connectivity index (χ3v) is 11.3. The van der Waals surface area contributed by atoms with Gasteiger partial charge in [-0.05, 0) is 74.7 Å². The predicted molar refractivity (Wildman–Crippen MR) is 137 cm³/mol. The smallest absolute Gasteiger partial charge is 0.331 e. The van der Waals surface area contributed by atoms with E-state index in [0.717, 1.165) is 24.8 Å². The van der Waals surface area contributed by atoms with Gasteiger partial charge in [0.05, 0.1) is 22.2 Å². The highest BCUT2D eigenvalue weighted by atomic mass is 127. The third-order valence-electron chi connectivity index (χ3n) is 10.7. The molecule has 0 spiro atoms. The Balaban J connectivity index is 1.48. The van der Waals surface area contributed by atoms with Gasteiger partial charge in [-0.3, -0.25) is 9.59 Å². The fourth-order valence-electron chi connectivity index (χ4n) is 9.05. The van der Waals surface area contributed by atoms with Crippen LogP contribution >= 0.6 is 22.6 Å².